The lowest BCUT2D eigenvalue weighted by atomic mass is 10.1. The molecule has 0 aliphatic carbocycles. The van der Waals surface area contributed by atoms with Crippen molar-refractivity contribution in [1.29, 1.82) is 0 Å². The Balaban J connectivity index is 2.19. The Bertz CT molecular complexity index is 979. The predicted molar refractivity (Wildman–Crippen MR) is 92.2 cm³/mol. The molecule has 30 heavy (non-hydrogen) atoms. The van der Waals surface area contributed by atoms with E-state index in [2.05, 4.69) is 15.1 Å². The van der Waals surface area contributed by atoms with E-state index in [-0.39, 0.29) is 27.8 Å². The zero-order valence-corrected chi connectivity index (χ0v) is 15.4. The molecule has 2 heterocycles. The minimum Gasteiger partial charge on any atom is -0.493 e. The summed E-state index contributed by atoms with van der Waals surface area (Å²) in [6, 6.07) is 4.60. The molecule has 2 aromatic rings. The van der Waals surface area contributed by atoms with Gasteiger partial charge >= 0.3 is 12.4 Å². The smallest absolute Gasteiger partial charge is 0.438 e. The van der Waals surface area contributed by atoms with Gasteiger partial charge in [0.05, 0.1) is 19.9 Å². The second-order valence-electron chi connectivity index (χ2n) is 6.13. The van der Waals surface area contributed by atoms with Gasteiger partial charge in [-0.15, -0.1) is 0 Å². The Morgan fingerprint density at radius 2 is 1.67 bits per heavy atom. The highest BCUT2D eigenvalue weighted by Crippen LogP contribution is 2.42. The summed E-state index contributed by atoms with van der Waals surface area (Å²) in [4.78, 5) is 6.94. The predicted octanol–water partition coefficient (Wildman–Crippen LogP) is 3.63. The van der Waals surface area contributed by atoms with Gasteiger partial charge in [-0.25, -0.2) is 9.97 Å². The van der Waals surface area contributed by atoms with Gasteiger partial charge in [0.2, 0.25) is 5.95 Å². The van der Waals surface area contributed by atoms with Gasteiger partial charge in [-0.3, -0.25) is 0 Å². The molecule has 1 aliphatic heterocycles. The van der Waals surface area contributed by atoms with Crippen LogP contribution in [0.1, 0.15) is 12.1 Å². The molecule has 3 rings (SSSR count). The van der Waals surface area contributed by atoms with Crippen molar-refractivity contribution in [3.63, 3.8) is 0 Å². The van der Waals surface area contributed by atoms with E-state index in [9.17, 15) is 31.4 Å². The third-order valence-corrected chi connectivity index (χ3v) is 4.25. The summed E-state index contributed by atoms with van der Waals surface area (Å²) in [7, 11) is 2.65. The van der Waals surface area contributed by atoms with Gasteiger partial charge in [-0.05, 0) is 24.3 Å². The number of rotatable bonds is 4. The van der Waals surface area contributed by atoms with E-state index in [0.29, 0.717) is 12.3 Å². The number of halogens is 6. The number of alkyl halides is 6. The maximum Gasteiger partial charge on any atom is 0.438 e. The first kappa shape index (κ1) is 21.6. The van der Waals surface area contributed by atoms with E-state index in [0.717, 1.165) is 0 Å². The van der Waals surface area contributed by atoms with E-state index in [1.165, 1.54) is 32.4 Å². The summed E-state index contributed by atoms with van der Waals surface area (Å²) in [5.41, 5.74) is -5.36. The monoisotopic (exact) mass is 436 g/mol. The van der Waals surface area contributed by atoms with Gasteiger partial charge in [-0.2, -0.15) is 36.5 Å². The molecule has 0 saturated heterocycles. The molecular formula is C17H14F6N4O3. The molecule has 0 fully saturated rings. The second kappa shape index (κ2) is 7.31. The van der Waals surface area contributed by atoms with Crippen LogP contribution in [0.15, 0.2) is 29.4 Å². The highest BCUT2D eigenvalue weighted by Gasteiger charge is 2.61. The zero-order valence-electron chi connectivity index (χ0n) is 15.4. The quantitative estimate of drug-likeness (QED) is 0.738. The molecule has 0 bridgehead atoms. The number of aromatic nitrogens is 2. The molecule has 1 aromatic carbocycles. The number of ether oxygens (including phenoxy) is 2. The van der Waals surface area contributed by atoms with Crippen LogP contribution in [-0.4, -0.2) is 47.4 Å². The van der Waals surface area contributed by atoms with E-state index in [1.54, 1.807) is 0 Å². The maximum atomic E-state index is 13.4. The first-order valence-electron chi connectivity index (χ1n) is 8.21. The fourth-order valence-corrected chi connectivity index (χ4v) is 2.70. The lowest BCUT2D eigenvalue weighted by Crippen LogP contribution is -2.55. The summed E-state index contributed by atoms with van der Waals surface area (Å²) in [5.74, 6) is -0.625. The van der Waals surface area contributed by atoms with Crippen LogP contribution in [0, 0.1) is 0 Å². The molecule has 1 unspecified atom stereocenters. The van der Waals surface area contributed by atoms with Crippen LogP contribution in [0.5, 0.6) is 11.5 Å². The van der Waals surface area contributed by atoms with Crippen LogP contribution in [0.4, 0.5) is 32.3 Å². The molecule has 0 saturated carbocycles. The topological polar surface area (TPSA) is 80.1 Å². The molecule has 1 atom stereocenters. The number of benzene rings is 1. The molecule has 162 valence electrons. The molecule has 1 aromatic heterocycles. The second-order valence-corrected chi connectivity index (χ2v) is 6.13. The number of aliphatic hydroxyl groups is 1. The van der Waals surface area contributed by atoms with Crippen molar-refractivity contribution in [3.8, 4) is 22.8 Å². The first-order chi connectivity index (χ1) is 13.9. The third-order valence-electron chi connectivity index (χ3n) is 4.25. The number of hydrogen-bond donors (Lipinski definition) is 1. The SMILES string of the molecule is COc1ccc(-c2cc(C(F)(F)F)nc(N3N=CCC3(O)C(F)(F)F)n2)cc1OC. The molecule has 0 spiro atoms. The van der Waals surface area contributed by atoms with Gasteiger partial charge in [-0.1, -0.05) is 0 Å². The van der Waals surface area contributed by atoms with Crippen molar-refractivity contribution >= 4 is 12.2 Å². The lowest BCUT2D eigenvalue weighted by Gasteiger charge is -2.32. The van der Waals surface area contributed by atoms with E-state index in [1.807, 2.05) is 0 Å². The van der Waals surface area contributed by atoms with Gasteiger partial charge in [0.15, 0.2) is 17.2 Å². The Hall–Kier alpha value is -3.09. The summed E-state index contributed by atoms with van der Waals surface area (Å²) in [5, 5.41) is 13.3. The number of hydrazone groups is 1. The Morgan fingerprint density at radius 3 is 2.23 bits per heavy atom. The Labute approximate surface area is 165 Å². The third kappa shape index (κ3) is 3.72. The molecule has 7 nitrogen and oxygen atoms in total. The van der Waals surface area contributed by atoms with Crippen LogP contribution in [0.2, 0.25) is 0 Å². The number of anilines is 1. The van der Waals surface area contributed by atoms with E-state index >= 15 is 0 Å². The summed E-state index contributed by atoms with van der Waals surface area (Å²) >= 11 is 0. The molecule has 0 radical (unpaired) electrons. The largest absolute Gasteiger partial charge is 0.493 e. The van der Waals surface area contributed by atoms with Crippen LogP contribution in [0.3, 0.4) is 0 Å². The van der Waals surface area contributed by atoms with E-state index < -0.39 is 36.1 Å². The zero-order chi connectivity index (χ0) is 22.3. The fourth-order valence-electron chi connectivity index (χ4n) is 2.70. The van der Waals surface area contributed by atoms with Gasteiger partial charge in [0, 0.05) is 18.2 Å². The van der Waals surface area contributed by atoms with Gasteiger partial charge in [0.1, 0.15) is 0 Å². The average molecular weight is 436 g/mol. The average Bonchev–Trinajstić information content (AvgIpc) is 3.09. The van der Waals surface area contributed by atoms with Crippen molar-refractivity contribution in [2.45, 2.75) is 24.5 Å². The standard InChI is InChI=1S/C17H14F6N4O3/c1-29-11-4-3-9(7-12(11)30-2)10-8-13(16(18,19)20)26-14(25-10)27-15(28,5-6-24-27)17(21,22)23/h3-4,6-8,28H,5H2,1-2H3. The van der Waals surface area contributed by atoms with Gasteiger partial charge in [0.25, 0.3) is 5.72 Å². The molecule has 0 amide bonds. The number of hydrogen-bond acceptors (Lipinski definition) is 7. The maximum absolute atomic E-state index is 13.4. The molecule has 1 N–H and O–H groups in total. The summed E-state index contributed by atoms with van der Waals surface area (Å²) < 4.78 is 90.3. The highest BCUT2D eigenvalue weighted by atomic mass is 19.4. The van der Waals surface area contributed by atoms with Crippen molar-refractivity contribution in [3.05, 3.63) is 30.0 Å². The summed E-state index contributed by atoms with van der Waals surface area (Å²) in [6.45, 7) is 0. The number of methoxy groups -OCH3 is 2. The number of nitrogens with zero attached hydrogens (tertiary/aromatic N) is 4. The van der Waals surface area contributed by atoms with Crippen LogP contribution < -0.4 is 14.5 Å². The minimum absolute atomic E-state index is 0.0769. The molecular weight excluding hydrogens is 422 g/mol. The normalized spacial score (nSPS) is 19.3. The minimum atomic E-state index is -5.23. The molecule has 13 heteroatoms. The van der Waals surface area contributed by atoms with Crippen LogP contribution >= 0.6 is 0 Å². The van der Waals surface area contributed by atoms with Crippen molar-refractivity contribution in [2.75, 3.05) is 19.2 Å². The van der Waals surface area contributed by atoms with Crippen LogP contribution in [-0.2, 0) is 6.18 Å². The van der Waals surface area contributed by atoms with Crippen molar-refractivity contribution < 1.29 is 40.9 Å². The van der Waals surface area contributed by atoms with Gasteiger partial charge < -0.3 is 14.6 Å². The first-order valence-corrected chi connectivity index (χ1v) is 8.21. The van der Waals surface area contributed by atoms with Crippen LogP contribution in [0.25, 0.3) is 11.3 Å². The Kier molecular flexibility index (Phi) is 5.26. The van der Waals surface area contributed by atoms with Crippen molar-refractivity contribution in [2.24, 2.45) is 5.10 Å². The molecule has 1 aliphatic rings. The van der Waals surface area contributed by atoms with E-state index in [4.69, 9.17) is 9.47 Å². The highest BCUT2D eigenvalue weighted by molar-refractivity contribution is 5.69. The Morgan fingerprint density at radius 1 is 1.00 bits per heavy atom. The van der Waals surface area contributed by atoms with Crippen molar-refractivity contribution in [1.82, 2.24) is 9.97 Å². The lowest BCUT2D eigenvalue weighted by molar-refractivity contribution is -0.254. The summed E-state index contributed by atoms with van der Waals surface area (Å²) in [6.07, 6.45) is -10.5. The fraction of sp³-hybridized carbons (Fsp3) is 0.353.